The van der Waals surface area contributed by atoms with E-state index < -0.39 is 5.60 Å². The Morgan fingerprint density at radius 2 is 1.83 bits per heavy atom. The summed E-state index contributed by atoms with van der Waals surface area (Å²) in [6.07, 6.45) is 2.02. The predicted octanol–water partition coefficient (Wildman–Crippen LogP) is 1.06. The van der Waals surface area contributed by atoms with Crippen LogP contribution in [0.4, 0.5) is 4.79 Å². The van der Waals surface area contributed by atoms with Gasteiger partial charge in [-0.25, -0.2) is 4.79 Å². The molecule has 2 fully saturated rings. The number of likely N-dealkylation sites (tertiary alicyclic amines) is 1. The Balaban J connectivity index is 1.94. The molecule has 0 radical (unpaired) electrons. The average Bonchev–Trinajstić information content (AvgIpc) is 2.49. The van der Waals surface area contributed by atoms with Gasteiger partial charge in [0.1, 0.15) is 5.60 Å². The monoisotopic (exact) mass is 256 g/mol. The first kappa shape index (κ1) is 13.6. The minimum absolute atomic E-state index is 0.194. The van der Waals surface area contributed by atoms with Crippen LogP contribution in [0, 0.1) is 0 Å². The third-order valence-corrected chi connectivity index (χ3v) is 3.64. The van der Waals surface area contributed by atoms with Crippen LogP contribution in [0.1, 0.15) is 33.6 Å². The Labute approximate surface area is 109 Å². The van der Waals surface area contributed by atoms with Crippen molar-refractivity contribution in [2.24, 2.45) is 0 Å². The van der Waals surface area contributed by atoms with Gasteiger partial charge in [0.2, 0.25) is 0 Å². The molecule has 5 nitrogen and oxygen atoms in total. The molecule has 1 amide bonds. The molecule has 104 valence electrons. The van der Waals surface area contributed by atoms with E-state index in [4.69, 9.17) is 9.84 Å². The van der Waals surface area contributed by atoms with Gasteiger partial charge < -0.3 is 14.7 Å². The van der Waals surface area contributed by atoms with Crippen molar-refractivity contribution in [3.05, 3.63) is 0 Å². The minimum Gasteiger partial charge on any atom is -0.444 e. The Kier molecular flexibility index (Phi) is 3.82. The predicted molar refractivity (Wildman–Crippen MR) is 68.4 cm³/mol. The van der Waals surface area contributed by atoms with Crippen molar-refractivity contribution < 1.29 is 14.6 Å². The first-order valence-corrected chi connectivity index (χ1v) is 6.75. The third-order valence-electron chi connectivity index (χ3n) is 3.64. The van der Waals surface area contributed by atoms with Crippen LogP contribution < -0.4 is 0 Å². The molecule has 0 aliphatic carbocycles. The van der Waals surface area contributed by atoms with Crippen molar-refractivity contribution in [2.75, 3.05) is 26.2 Å². The molecule has 5 heteroatoms. The van der Waals surface area contributed by atoms with Gasteiger partial charge in [-0.1, -0.05) is 0 Å². The zero-order chi connectivity index (χ0) is 13.3. The van der Waals surface area contributed by atoms with Gasteiger partial charge in [0.25, 0.3) is 0 Å². The topological polar surface area (TPSA) is 53.0 Å². The molecular formula is C13H24N2O3. The summed E-state index contributed by atoms with van der Waals surface area (Å²) >= 11 is 0. The van der Waals surface area contributed by atoms with Crippen molar-refractivity contribution in [3.8, 4) is 0 Å². The van der Waals surface area contributed by atoms with Gasteiger partial charge in [-0.05, 0) is 33.6 Å². The first-order chi connectivity index (χ1) is 8.40. The highest BCUT2D eigenvalue weighted by atomic mass is 16.6. The lowest BCUT2D eigenvalue weighted by atomic mass is 10.2. The highest BCUT2D eigenvalue weighted by molar-refractivity contribution is 5.68. The molecule has 2 saturated heterocycles. The van der Waals surface area contributed by atoms with Gasteiger partial charge in [0.05, 0.1) is 6.61 Å². The summed E-state index contributed by atoms with van der Waals surface area (Å²) in [6, 6.07) is 0.784. The van der Waals surface area contributed by atoms with Crippen LogP contribution in [0.3, 0.4) is 0 Å². The number of ether oxygens (including phenoxy) is 1. The van der Waals surface area contributed by atoms with E-state index in [0.717, 1.165) is 32.5 Å². The summed E-state index contributed by atoms with van der Waals surface area (Å²) in [6.45, 7) is 8.04. The van der Waals surface area contributed by atoms with Gasteiger partial charge in [-0.2, -0.15) is 0 Å². The second kappa shape index (κ2) is 5.05. The molecule has 2 unspecified atom stereocenters. The first-order valence-electron chi connectivity index (χ1n) is 6.75. The summed E-state index contributed by atoms with van der Waals surface area (Å²) in [4.78, 5) is 16.2. The normalized spacial score (nSPS) is 28.6. The number of nitrogens with zero attached hydrogens (tertiary/aromatic N) is 2. The van der Waals surface area contributed by atoms with E-state index in [0.29, 0.717) is 12.1 Å². The lowest BCUT2D eigenvalue weighted by Crippen LogP contribution is -2.56. The van der Waals surface area contributed by atoms with Crippen LogP contribution in [0.25, 0.3) is 0 Å². The number of hydrogen-bond acceptors (Lipinski definition) is 4. The van der Waals surface area contributed by atoms with E-state index in [1.54, 1.807) is 0 Å². The second-order valence-corrected chi connectivity index (χ2v) is 6.23. The minimum atomic E-state index is -0.432. The van der Waals surface area contributed by atoms with E-state index in [1.165, 1.54) is 0 Å². The number of aliphatic hydroxyl groups is 1. The van der Waals surface area contributed by atoms with Gasteiger partial charge in [-0.3, -0.25) is 4.90 Å². The van der Waals surface area contributed by atoms with Crippen LogP contribution in [-0.4, -0.2) is 64.9 Å². The molecule has 0 aromatic carbocycles. The van der Waals surface area contributed by atoms with Crippen LogP contribution in [0.15, 0.2) is 0 Å². The maximum Gasteiger partial charge on any atom is 0.410 e. The highest BCUT2D eigenvalue weighted by Crippen LogP contribution is 2.30. The molecule has 2 aliphatic heterocycles. The van der Waals surface area contributed by atoms with E-state index in [1.807, 2.05) is 25.7 Å². The van der Waals surface area contributed by atoms with Crippen molar-refractivity contribution in [1.29, 1.82) is 0 Å². The zero-order valence-corrected chi connectivity index (χ0v) is 11.6. The molecule has 2 atom stereocenters. The van der Waals surface area contributed by atoms with Crippen molar-refractivity contribution in [3.63, 3.8) is 0 Å². The number of fused-ring (bicyclic) bond motifs is 2. The second-order valence-electron chi connectivity index (χ2n) is 6.23. The van der Waals surface area contributed by atoms with Gasteiger partial charge in [0.15, 0.2) is 0 Å². The molecule has 0 spiro atoms. The number of hydrogen-bond donors (Lipinski definition) is 1. The van der Waals surface area contributed by atoms with Crippen molar-refractivity contribution in [2.45, 2.75) is 51.3 Å². The summed E-state index contributed by atoms with van der Waals surface area (Å²) in [7, 11) is 0. The highest BCUT2D eigenvalue weighted by Gasteiger charge is 2.41. The number of carbonyl (C=O) groups excluding carboxylic acids is 1. The maximum absolute atomic E-state index is 12.0. The number of piperazine rings is 1. The zero-order valence-electron chi connectivity index (χ0n) is 11.6. The Morgan fingerprint density at radius 1 is 1.28 bits per heavy atom. The van der Waals surface area contributed by atoms with Gasteiger partial charge in [0, 0.05) is 31.7 Å². The van der Waals surface area contributed by atoms with E-state index in [-0.39, 0.29) is 12.7 Å². The fourth-order valence-corrected chi connectivity index (χ4v) is 2.95. The Bertz CT molecular complexity index is 300. The van der Waals surface area contributed by atoms with Crippen molar-refractivity contribution in [1.82, 2.24) is 9.80 Å². The summed E-state index contributed by atoms with van der Waals surface area (Å²) in [5.41, 5.74) is -0.432. The molecule has 0 saturated carbocycles. The van der Waals surface area contributed by atoms with Crippen LogP contribution >= 0.6 is 0 Å². The molecule has 2 heterocycles. The molecule has 2 aliphatic rings. The SMILES string of the molecule is CC(C)(C)OC(=O)N1CC2CCC(C1)N2CCO. The summed E-state index contributed by atoms with van der Waals surface area (Å²) in [5, 5.41) is 9.06. The van der Waals surface area contributed by atoms with Gasteiger partial charge >= 0.3 is 6.09 Å². The fraction of sp³-hybridized carbons (Fsp3) is 0.923. The van der Waals surface area contributed by atoms with Crippen LogP contribution in [0.5, 0.6) is 0 Å². The third kappa shape index (κ3) is 2.95. The van der Waals surface area contributed by atoms with Gasteiger partial charge in [-0.15, -0.1) is 0 Å². The molecule has 18 heavy (non-hydrogen) atoms. The number of rotatable bonds is 2. The standard InChI is InChI=1S/C13H24N2O3/c1-13(2,3)18-12(17)14-8-10-4-5-11(9-14)15(10)6-7-16/h10-11,16H,4-9H2,1-3H3. The largest absolute Gasteiger partial charge is 0.444 e. The Morgan fingerprint density at radius 3 is 2.28 bits per heavy atom. The molecular weight excluding hydrogens is 232 g/mol. The average molecular weight is 256 g/mol. The number of amides is 1. The molecule has 1 N–H and O–H groups in total. The fourth-order valence-electron chi connectivity index (χ4n) is 2.95. The Hall–Kier alpha value is -0.810. The molecule has 2 rings (SSSR count). The molecule has 0 aromatic rings. The maximum atomic E-state index is 12.0. The quantitative estimate of drug-likeness (QED) is 0.803. The summed E-state index contributed by atoms with van der Waals surface area (Å²) < 4.78 is 5.42. The van der Waals surface area contributed by atoms with E-state index >= 15 is 0 Å². The molecule has 2 bridgehead atoms. The van der Waals surface area contributed by atoms with E-state index in [2.05, 4.69) is 4.90 Å². The summed E-state index contributed by atoms with van der Waals surface area (Å²) in [5.74, 6) is 0. The smallest absolute Gasteiger partial charge is 0.410 e. The van der Waals surface area contributed by atoms with Crippen LogP contribution in [0.2, 0.25) is 0 Å². The lowest BCUT2D eigenvalue weighted by Gasteiger charge is -2.41. The van der Waals surface area contributed by atoms with Crippen molar-refractivity contribution >= 4 is 6.09 Å². The molecule has 0 aromatic heterocycles. The number of carbonyl (C=O) groups is 1. The lowest BCUT2D eigenvalue weighted by molar-refractivity contribution is -0.00101. The van der Waals surface area contributed by atoms with E-state index in [9.17, 15) is 4.79 Å². The van der Waals surface area contributed by atoms with Crippen LogP contribution in [-0.2, 0) is 4.74 Å². The number of aliphatic hydroxyl groups excluding tert-OH is 1.